The molecule has 5 N–H and O–H groups in total. The fourth-order valence-electron chi connectivity index (χ4n) is 5.47. The van der Waals surface area contributed by atoms with Crippen molar-refractivity contribution in [1.29, 1.82) is 0 Å². The van der Waals surface area contributed by atoms with Gasteiger partial charge in [-0.2, -0.15) is 0 Å². The molecule has 0 saturated carbocycles. The highest BCUT2D eigenvalue weighted by Gasteiger charge is 2.48. The van der Waals surface area contributed by atoms with Gasteiger partial charge in [0, 0.05) is 13.1 Å². The van der Waals surface area contributed by atoms with E-state index in [0.29, 0.717) is 41.4 Å². The fourth-order valence-corrected chi connectivity index (χ4v) is 7.21. The molecule has 0 aromatic carbocycles. The van der Waals surface area contributed by atoms with Crippen molar-refractivity contribution in [2.24, 2.45) is 0 Å². The molecule has 0 aliphatic carbocycles. The molecule has 48 heavy (non-hydrogen) atoms. The number of alkyl halides is 1. The highest BCUT2D eigenvalue weighted by atomic mass is 32.7. The minimum Gasteiger partial charge on any atom is -0.394 e. The van der Waals surface area contributed by atoms with Gasteiger partial charge in [-0.05, 0) is 0 Å². The Labute approximate surface area is 282 Å². The number of hydrogen-bond acceptors (Lipinski definition) is 17. The average Bonchev–Trinajstić information content (AvgIpc) is 3.83. The Morgan fingerprint density at radius 1 is 0.812 bits per heavy atom. The lowest BCUT2D eigenvalue weighted by Gasteiger charge is -2.20. The zero-order chi connectivity index (χ0) is 33.9. The Kier molecular flexibility index (Phi) is 11.3. The van der Waals surface area contributed by atoms with E-state index in [1.807, 2.05) is 12.2 Å². The Balaban J connectivity index is 1.08. The summed E-state index contributed by atoms with van der Waals surface area (Å²) in [5.41, 5.74) is 1.38. The van der Waals surface area contributed by atoms with Gasteiger partial charge >= 0.3 is 0 Å². The molecule has 0 radical (unpaired) electrons. The molecule has 2 saturated heterocycles. The van der Waals surface area contributed by atoms with Crippen LogP contribution >= 0.6 is 39.0 Å². The first-order valence-electron chi connectivity index (χ1n) is 14.3. The molecule has 10 atom stereocenters. The molecule has 4 aromatic heterocycles. The van der Waals surface area contributed by atoms with E-state index in [9.17, 15) is 24.4 Å². The fraction of sp³-hybridized carbons (Fsp3) is 0.500. The summed E-state index contributed by atoms with van der Waals surface area (Å²) in [6.07, 6.45) is -0.590. The molecule has 6 heterocycles. The number of nitrogens with zero attached hydrogens (tertiary/aromatic N) is 8. The first-order valence-corrected chi connectivity index (χ1v) is 19.5. The molecule has 6 rings (SSSR count). The van der Waals surface area contributed by atoms with E-state index in [4.69, 9.17) is 18.5 Å². The van der Waals surface area contributed by atoms with Crippen LogP contribution in [-0.4, -0.2) is 117 Å². The van der Waals surface area contributed by atoms with Crippen LogP contribution in [0.15, 0.2) is 37.5 Å². The molecular weight excluding hydrogens is 717 g/mol. The molecule has 4 aromatic rings. The quantitative estimate of drug-likeness (QED) is 0.0539. The highest BCUT2D eigenvalue weighted by molar-refractivity contribution is 8.39. The van der Waals surface area contributed by atoms with Crippen molar-refractivity contribution in [3.63, 3.8) is 0 Å². The van der Waals surface area contributed by atoms with E-state index < -0.39 is 76.8 Å². The van der Waals surface area contributed by atoms with E-state index in [0.717, 1.165) is 0 Å². The Morgan fingerprint density at radius 3 is 1.83 bits per heavy atom. The normalized spacial score (nSPS) is 28.9. The second kappa shape index (κ2) is 15.4. The summed E-state index contributed by atoms with van der Waals surface area (Å²) in [7, 11) is -5.53. The van der Waals surface area contributed by atoms with Crippen LogP contribution in [0.3, 0.4) is 0 Å². The van der Waals surface area contributed by atoms with Crippen LogP contribution in [0.5, 0.6) is 0 Å². The van der Waals surface area contributed by atoms with Crippen molar-refractivity contribution in [3.05, 3.63) is 37.5 Å². The van der Waals surface area contributed by atoms with Crippen LogP contribution in [0.1, 0.15) is 12.5 Å². The van der Waals surface area contributed by atoms with Crippen LogP contribution in [0, 0.1) is 0 Å². The van der Waals surface area contributed by atoms with Gasteiger partial charge in [-0.1, -0.05) is 36.6 Å². The number of halogens is 1. The number of nitrogens with one attached hydrogen (secondary N) is 2. The summed E-state index contributed by atoms with van der Waals surface area (Å²) in [6.45, 7) is -0.347. The molecule has 0 spiro atoms. The van der Waals surface area contributed by atoms with E-state index >= 15 is 4.39 Å². The smallest absolute Gasteiger partial charge is 0.243 e. The SMILES string of the molecule is O=[PH](S)OC1C(n2cnc3c(NC/C=C/CNc4ncnc5c4ncn5[C@@H]4OC(CO)[C@@H](O[PH](=O)S)[C@H]4F)ncnc32)O[C@H](CO)[C@H]1O. The van der Waals surface area contributed by atoms with Crippen LogP contribution in [-0.2, 0) is 27.7 Å². The number of aromatic nitrogens is 8. The molecule has 2 fully saturated rings. The van der Waals surface area contributed by atoms with Gasteiger partial charge in [-0.15, -0.1) is 0 Å². The van der Waals surface area contributed by atoms with Crippen molar-refractivity contribution in [2.75, 3.05) is 36.9 Å². The predicted molar refractivity (Wildman–Crippen MR) is 175 cm³/mol. The van der Waals surface area contributed by atoms with Crippen molar-refractivity contribution < 1.29 is 47.4 Å². The molecule has 2 aliphatic heterocycles. The van der Waals surface area contributed by atoms with Gasteiger partial charge in [0.2, 0.25) is 14.5 Å². The van der Waals surface area contributed by atoms with Crippen LogP contribution in [0.4, 0.5) is 16.0 Å². The molecule has 0 bridgehead atoms. The van der Waals surface area contributed by atoms with Crippen molar-refractivity contribution in [1.82, 2.24) is 39.0 Å². The third-order valence-corrected chi connectivity index (χ3v) is 9.20. The number of anilines is 2. The molecule has 19 nitrogen and oxygen atoms in total. The second-order valence-electron chi connectivity index (χ2n) is 10.5. The Bertz CT molecular complexity index is 1820. The lowest BCUT2D eigenvalue weighted by Crippen LogP contribution is -2.34. The topological polar surface area (TPSA) is 243 Å². The van der Waals surface area contributed by atoms with Crippen LogP contribution < -0.4 is 10.6 Å². The highest BCUT2D eigenvalue weighted by Crippen LogP contribution is 2.42. The van der Waals surface area contributed by atoms with Crippen molar-refractivity contribution >= 4 is 72.9 Å². The number of aliphatic hydroxyl groups excluding tert-OH is 3. The maximum absolute atomic E-state index is 15.2. The molecule has 5 unspecified atom stereocenters. The number of fused-ring (bicyclic) bond motifs is 2. The van der Waals surface area contributed by atoms with E-state index in [-0.39, 0.29) is 5.65 Å². The van der Waals surface area contributed by atoms with Crippen molar-refractivity contribution in [3.8, 4) is 0 Å². The number of thiol groups is 2. The summed E-state index contributed by atoms with van der Waals surface area (Å²) in [5.74, 6) is 0.794. The number of ether oxygens (including phenoxy) is 2. The largest absolute Gasteiger partial charge is 0.394 e. The van der Waals surface area contributed by atoms with Gasteiger partial charge in [-0.3, -0.25) is 18.3 Å². The van der Waals surface area contributed by atoms with Gasteiger partial charge in [0.1, 0.15) is 43.2 Å². The molecule has 24 heteroatoms. The summed E-state index contributed by atoms with van der Waals surface area (Å²) in [6, 6.07) is 0. The van der Waals surface area contributed by atoms with Crippen molar-refractivity contribution in [2.45, 2.75) is 49.1 Å². The molecular formula is C24H31FN10O9P2S2. The first-order chi connectivity index (χ1) is 23.2. The summed E-state index contributed by atoms with van der Waals surface area (Å²) in [5, 5.41) is 36.0. The number of hydrogen-bond donors (Lipinski definition) is 7. The second-order valence-corrected chi connectivity index (χ2v) is 14.2. The lowest BCUT2D eigenvalue weighted by molar-refractivity contribution is -0.0481. The summed E-state index contributed by atoms with van der Waals surface area (Å²) in [4.78, 5) is 25.7. The summed E-state index contributed by atoms with van der Waals surface area (Å²) >= 11 is 7.53. The van der Waals surface area contributed by atoms with Gasteiger partial charge in [0.05, 0.1) is 25.9 Å². The number of rotatable bonds is 14. The minimum atomic E-state index is -2.79. The van der Waals surface area contributed by atoms with Gasteiger partial charge in [0.15, 0.2) is 52.6 Å². The van der Waals surface area contributed by atoms with E-state index in [1.165, 1.54) is 34.4 Å². The average molecular weight is 749 g/mol. The van der Waals surface area contributed by atoms with Crippen LogP contribution in [0.2, 0.25) is 0 Å². The molecule has 260 valence electrons. The zero-order valence-electron chi connectivity index (χ0n) is 24.6. The van der Waals surface area contributed by atoms with Crippen LogP contribution in [0.25, 0.3) is 22.3 Å². The predicted octanol–water partition coefficient (Wildman–Crippen LogP) is 0.934. The van der Waals surface area contributed by atoms with Gasteiger partial charge < -0.3 is 44.5 Å². The summed E-state index contributed by atoms with van der Waals surface area (Å²) < 4.78 is 63.1. The standard InChI is InChI=1S/C24H31FN10O9P2S2/c25-13-17(43-45(39)47)12(6-37)42-23(13)34-9-32-14-19(28-7-30-21(14)34)26-3-1-2-4-27-20-15-22(31-8-29-20)35(10-33-15)24-18(44-46(40)48)16(38)11(5-36)41-24/h1-2,7-13,16-18,23-24,36-38,45-46H,3-6H2,(H,39,47)(H,40,48)(H,26,28,30)(H,27,29,31)/b2-1+/t11-,12?,13-,16-,17-,18?,23-,24?/m1/s1. The Hall–Kier alpha value is -2.75. The van der Waals surface area contributed by atoms with Gasteiger partial charge in [0.25, 0.3) is 0 Å². The molecule has 2 aliphatic rings. The van der Waals surface area contributed by atoms with Gasteiger partial charge in [-0.25, -0.2) is 34.3 Å². The third kappa shape index (κ3) is 7.10. The van der Waals surface area contributed by atoms with E-state index in [1.54, 1.807) is 0 Å². The Morgan fingerprint density at radius 2 is 1.31 bits per heavy atom. The maximum Gasteiger partial charge on any atom is 0.243 e. The number of aliphatic hydroxyl groups is 3. The monoisotopic (exact) mass is 748 g/mol. The maximum atomic E-state index is 15.2. The number of imidazole rings is 2. The molecule has 0 amide bonds. The third-order valence-electron chi connectivity index (χ3n) is 7.62. The first kappa shape index (κ1) is 35.1. The lowest BCUT2D eigenvalue weighted by atomic mass is 10.1. The minimum absolute atomic E-state index is 0.274. The van der Waals surface area contributed by atoms with E-state index in [2.05, 4.69) is 65.0 Å². The zero-order valence-corrected chi connectivity index (χ0v) is 28.3.